The Kier molecular flexibility index (Phi) is 5.06. The summed E-state index contributed by atoms with van der Waals surface area (Å²) < 4.78 is 5.53. The van der Waals surface area contributed by atoms with Crippen molar-refractivity contribution in [2.75, 3.05) is 7.11 Å². The Balaban J connectivity index is 2.59. The number of nitrogens with two attached hydrogens (primary N) is 1. The molecule has 0 spiro atoms. The number of rotatable bonds is 4. The fraction of sp³-hybridized carbons (Fsp3) is 0.267. The van der Waals surface area contributed by atoms with Crippen molar-refractivity contribution in [1.82, 2.24) is 10.4 Å². The largest absolute Gasteiger partial charge is 0.496 e. The highest BCUT2D eigenvalue weighted by Crippen LogP contribution is 2.35. The van der Waals surface area contributed by atoms with E-state index in [1.54, 1.807) is 19.4 Å². The van der Waals surface area contributed by atoms with Gasteiger partial charge in [0.05, 0.1) is 28.9 Å². The summed E-state index contributed by atoms with van der Waals surface area (Å²) in [6.07, 6.45) is 1.54. The van der Waals surface area contributed by atoms with Crippen LogP contribution in [0.5, 0.6) is 5.75 Å². The fourth-order valence-electron chi connectivity index (χ4n) is 2.26. The van der Waals surface area contributed by atoms with Crippen LogP contribution in [-0.2, 0) is 0 Å². The maximum Gasteiger partial charge on any atom is 0.127 e. The van der Waals surface area contributed by atoms with E-state index in [9.17, 15) is 0 Å². The van der Waals surface area contributed by atoms with Crippen LogP contribution in [-0.4, -0.2) is 12.1 Å². The van der Waals surface area contributed by atoms with Crippen LogP contribution in [0.4, 0.5) is 0 Å². The van der Waals surface area contributed by atoms with Crippen molar-refractivity contribution < 1.29 is 4.74 Å². The first-order valence-corrected chi connectivity index (χ1v) is 7.16. The minimum atomic E-state index is -0.385. The number of benzene rings is 1. The van der Waals surface area contributed by atoms with Crippen molar-refractivity contribution in [2.24, 2.45) is 5.84 Å². The van der Waals surface area contributed by atoms with Crippen molar-refractivity contribution in [3.63, 3.8) is 0 Å². The van der Waals surface area contributed by atoms with E-state index < -0.39 is 0 Å². The molecular weight excluding hydrogens is 309 g/mol. The molecule has 0 radical (unpaired) electrons. The Labute approximate surface area is 134 Å². The van der Waals surface area contributed by atoms with Crippen LogP contribution in [0.25, 0.3) is 0 Å². The van der Waals surface area contributed by atoms with Crippen molar-refractivity contribution in [1.29, 1.82) is 0 Å². The molecule has 1 aromatic heterocycles. The van der Waals surface area contributed by atoms with E-state index in [2.05, 4.69) is 10.4 Å². The Morgan fingerprint density at radius 1 is 1.29 bits per heavy atom. The quantitative estimate of drug-likeness (QED) is 0.666. The van der Waals surface area contributed by atoms with E-state index in [1.807, 2.05) is 26.0 Å². The van der Waals surface area contributed by atoms with Gasteiger partial charge in [-0.3, -0.25) is 10.8 Å². The number of hydrazine groups is 1. The Bertz CT molecular complexity index is 662. The first-order valence-electron chi connectivity index (χ1n) is 6.40. The van der Waals surface area contributed by atoms with E-state index in [0.717, 1.165) is 22.4 Å². The number of methoxy groups -OCH3 is 1. The second-order valence-corrected chi connectivity index (χ2v) is 5.59. The zero-order valence-electron chi connectivity index (χ0n) is 12.1. The first-order chi connectivity index (χ1) is 9.99. The summed E-state index contributed by atoms with van der Waals surface area (Å²) in [6, 6.07) is 5.23. The molecule has 4 nitrogen and oxygen atoms in total. The van der Waals surface area contributed by atoms with E-state index in [0.29, 0.717) is 15.7 Å². The number of aryl methyl sites for hydroxylation is 1. The highest BCUT2D eigenvalue weighted by Gasteiger charge is 2.22. The lowest BCUT2D eigenvalue weighted by Crippen LogP contribution is -2.30. The monoisotopic (exact) mass is 325 g/mol. The van der Waals surface area contributed by atoms with Gasteiger partial charge in [-0.25, -0.2) is 5.43 Å². The van der Waals surface area contributed by atoms with Crippen molar-refractivity contribution in [3.05, 3.63) is 56.8 Å². The third kappa shape index (κ3) is 3.14. The summed E-state index contributed by atoms with van der Waals surface area (Å²) in [4.78, 5) is 4.29. The van der Waals surface area contributed by atoms with Gasteiger partial charge in [0, 0.05) is 11.8 Å². The molecule has 0 amide bonds. The first kappa shape index (κ1) is 16.0. The molecule has 2 aromatic rings. The third-order valence-electron chi connectivity index (χ3n) is 3.50. The summed E-state index contributed by atoms with van der Waals surface area (Å²) in [7, 11) is 1.63. The minimum absolute atomic E-state index is 0.385. The zero-order valence-corrected chi connectivity index (χ0v) is 13.6. The molecule has 112 valence electrons. The van der Waals surface area contributed by atoms with Crippen LogP contribution < -0.4 is 16.0 Å². The molecular formula is C15H17Cl2N3O. The number of halogens is 2. The van der Waals surface area contributed by atoms with Gasteiger partial charge in [0.2, 0.25) is 0 Å². The highest BCUT2D eigenvalue weighted by molar-refractivity contribution is 6.34. The van der Waals surface area contributed by atoms with Gasteiger partial charge in [-0.1, -0.05) is 35.3 Å². The van der Waals surface area contributed by atoms with Crippen LogP contribution in [0, 0.1) is 13.8 Å². The molecule has 1 aromatic carbocycles. The van der Waals surface area contributed by atoms with Gasteiger partial charge in [-0.2, -0.15) is 0 Å². The molecule has 0 bridgehead atoms. The van der Waals surface area contributed by atoms with Gasteiger partial charge in [0.25, 0.3) is 0 Å². The van der Waals surface area contributed by atoms with Crippen LogP contribution in [0.15, 0.2) is 24.4 Å². The molecule has 6 heteroatoms. The van der Waals surface area contributed by atoms with E-state index in [1.165, 1.54) is 0 Å². The Morgan fingerprint density at radius 2 is 2.00 bits per heavy atom. The topological polar surface area (TPSA) is 60.2 Å². The lowest BCUT2D eigenvalue weighted by molar-refractivity contribution is 0.400. The summed E-state index contributed by atoms with van der Waals surface area (Å²) in [5.41, 5.74) is 6.42. The Morgan fingerprint density at radius 3 is 2.57 bits per heavy atom. The van der Waals surface area contributed by atoms with Gasteiger partial charge in [0.15, 0.2) is 0 Å². The van der Waals surface area contributed by atoms with E-state index in [4.69, 9.17) is 33.8 Å². The predicted molar refractivity (Wildman–Crippen MR) is 85.9 cm³/mol. The average Bonchev–Trinajstić information content (AvgIpc) is 2.45. The molecule has 0 aliphatic heterocycles. The maximum absolute atomic E-state index is 6.24. The van der Waals surface area contributed by atoms with Gasteiger partial charge in [-0.15, -0.1) is 0 Å². The third-order valence-corrected chi connectivity index (χ3v) is 4.01. The molecule has 3 N–H and O–H groups in total. The van der Waals surface area contributed by atoms with Gasteiger partial charge in [-0.05, 0) is 31.0 Å². The molecule has 1 atom stereocenters. The molecule has 0 saturated carbocycles. The molecule has 0 saturated heterocycles. The summed E-state index contributed by atoms with van der Waals surface area (Å²) in [6.45, 7) is 4.03. The van der Waals surface area contributed by atoms with Gasteiger partial charge >= 0.3 is 0 Å². The number of nitrogens with zero attached hydrogens (tertiary/aromatic N) is 1. The van der Waals surface area contributed by atoms with Gasteiger partial charge < -0.3 is 4.74 Å². The highest BCUT2D eigenvalue weighted by atomic mass is 35.5. The number of nitrogens with one attached hydrogen (secondary N) is 1. The standard InChI is InChI=1S/C15H17Cl2N3O/c1-8-4-5-11(15(21-3)9(8)2)13(20-18)14-12(17)6-10(16)7-19-14/h4-7,13,20H,18H2,1-3H3. The minimum Gasteiger partial charge on any atom is -0.496 e. The number of pyridine rings is 1. The van der Waals surface area contributed by atoms with Crippen molar-refractivity contribution in [3.8, 4) is 5.75 Å². The fourth-order valence-corrected chi connectivity index (χ4v) is 2.75. The molecule has 0 aliphatic carbocycles. The average molecular weight is 326 g/mol. The van der Waals surface area contributed by atoms with Crippen LogP contribution in [0.2, 0.25) is 10.0 Å². The molecule has 0 fully saturated rings. The zero-order chi connectivity index (χ0) is 15.6. The van der Waals surface area contributed by atoms with E-state index >= 15 is 0 Å². The lowest BCUT2D eigenvalue weighted by atomic mass is 9.97. The lowest BCUT2D eigenvalue weighted by Gasteiger charge is -2.21. The molecule has 1 unspecified atom stereocenters. The van der Waals surface area contributed by atoms with E-state index in [-0.39, 0.29) is 6.04 Å². The van der Waals surface area contributed by atoms with Gasteiger partial charge in [0.1, 0.15) is 5.75 Å². The predicted octanol–water partition coefficient (Wildman–Crippen LogP) is 3.57. The molecule has 0 aliphatic rings. The summed E-state index contributed by atoms with van der Waals surface area (Å²) in [5.74, 6) is 6.49. The van der Waals surface area contributed by atoms with Crippen LogP contribution >= 0.6 is 23.2 Å². The van der Waals surface area contributed by atoms with Crippen LogP contribution in [0.3, 0.4) is 0 Å². The summed E-state index contributed by atoms with van der Waals surface area (Å²) in [5, 5.41) is 0.928. The summed E-state index contributed by atoms with van der Waals surface area (Å²) >= 11 is 12.1. The maximum atomic E-state index is 6.24. The SMILES string of the molecule is COc1c(C(NN)c2ncc(Cl)cc2Cl)ccc(C)c1C. The smallest absolute Gasteiger partial charge is 0.127 e. The number of hydrogen-bond donors (Lipinski definition) is 2. The normalized spacial score (nSPS) is 12.3. The van der Waals surface area contributed by atoms with Crippen molar-refractivity contribution in [2.45, 2.75) is 19.9 Å². The Hall–Kier alpha value is -1.33. The molecule has 1 heterocycles. The number of ether oxygens (including phenoxy) is 1. The second kappa shape index (κ2) is 6.62. The molecule has 2 rings (SSSR count). The number of aromatic nitrogens is 1. The molecule has 21 heavy (non-hydrogen) atoms. The van der Waals surface area contributed by atoms with Crippen molar-refractivity contribution >= 4 is 23.2 Å². The second-order valence-electron chi connectivity index (χ2n) is 4.75. The van der Waals surface area contributed by atoms with Crippen LogP contribution in [0.1, 0.15) is 28.4 Å². The number of hydrogen-bond acceptors (Lipinski definition) is 4.